The first kappa shape index (κ1) is 91.7. The molecular weight excluding hydrogens is 1260 g/mol. The first-order valence-electron chi connectivity index (χ1n) is 37.1. The number of esters is 4. The Bertz CT molecular complexity index is 2250. The van der Waals surface area contributed by atoms with E-state index in [4.69, 9.17) is 37.0 Å². The van der Waals surface area contributed by atoms with Crippen LogP contribution in [0.2, 0.25) is 0 Å². The number of carbonyl (C=O) groups excluding carboxylic acids is 4. The van der Waals surface area contributed by atoms with Crippen LogP contribution in [0.5, 0.6) is 0 Å². The van der Waals surface area contributed by atoms with Crippen molar-refractivity contribution in [2.24, 2.45) is 0 Å². The lowest BCUT2D eigenvalue weighted by molar-refractivity contribution is -0.161. The third-order valence-corrected chi connectivity index (χ3v) is 17.2. The SMILES string of the molecule is CC/C=C\C/C=C\C/C=C\C/C=C\C/C=C\CC(=O)OCC(COP(=O)(O)OCC(O)COP(=O)(O)OCC(COC(=O)CCCCCCCCC/C=C\C/C=C\C/C=C\CC)OC(=O)CCCCCCCCCCCCC)OC(=O)CCCCCCC/C=C\CCCCCC. The Balaban J connectivity index is 5.37. The van der Waals surface area contributed by atoms with E-state index >= 15 is 0 Å². The molecule has 17 nitrogen and oxygen atoms in total. The summed E-state index contributed by atoms with van der Waals surface area (Å²) >= 11 is 0. The summed E-state index contributed by atoms with van der Waals surface area (Å²) in [5.74, 6) is -2.34. The fourth-order valence-electron chi connectivity index (χ4n) is 9.65. The molecule has 0 aliphatic carbocycles. The zero-order valence-electron chi connectivity index (χ0n) is 60.0. The first-order chi connectivity index (χ1) is 46.7. The maximum Gasteiger partial charge on any atom is 0.472 e. The molecule has 0 spiro atoms. The van der Waals surface area contributed by atoms with Crippen molar-refractivity contribution in [3.63, 3.8) is 0 Å². The maximum atomic E-state index is 13.0. The molecule has 0 aromatic rings. The number of unbranched alkanes of at least 4 members (excludes halogenated alkanes) is 26. The van der Waals surface area contributed by atoms with E-state index in [0.29, 0.717) is 25.7 Å². The molecule has 0 aromatic heterocycles. The second kappa shape index (κ2) is 69.2. The molecular formula is C77H132O17P2. The predicted octanol–water partition coefficient (Wildman–Crippen LogP) is 21.0. The summed E-state index contributed by atoms with van der Waals surface area (Å²) in [7, 11) is -9.97. The van der Waals surface area contributed by atoms with E-state index in [9.17, 15) is 43.2 Å². The minimum absolute atomic E-state index is 0.0650. The fourth-order valence-corrected chi connectivity index (χ4v) is 11.2. The molecule has 0 saturated heterocycles. The van der Waals surface area contributed by atoms with Crippen molar-refractivity contribution >= 4 is 39.5 Å². The van der Waals surface area contributed by atoms with Gasteiger partial charge in [-0.2, -0.15) is 0 Å². The summed E-state index contributed by atoms with van der Waals surface area (Å²) in [4.78, 5) is 72.6. The minimum Gasteiger partial charge on any atom is -0.462 e. The normalized spacial score (nSPS) is 14.6. The highest BCUT2D eigenvalue weighted by molar-refractivity contribution is 7.47. The lowest BCUT2D eigenvalue weighted by Gasteiger charge is -2.21. The van der Waals surface area contributed by atoms with Crippen molar-refractivity contribution in [3.8, 4) is 0 Å². The Morgan fingerprint density at radius 3 is 0.948 bits per heavy atom. The summed E-state index contributed by atoms with van der Waals surface area (Å²) in [6.45, 7) is 4.49. The Morgan fingerprint density at radius 1 is 0.312 bits per heavy atom. The highest BCUT2D eigenvalue weighted by atomic mass is 31.2. The molecule has 0 aromatic carbocycles. The quantitative estimate of drug-likeness (QED) is 0.0169. The van der Waals surface area contributed by atoms with Crippen LogP contribution in [0.1, 0.15) is 297 Å². The minimum atomic E-state index is -4.99. The molecule has 0 heterocycles. The first-order valence-corrected chi connectivity index (χ1v) is 40.1. The van der Waals surface area contributed by atoms with Crippen molar-refractivity contribution in [2.75, 3.05) is 39.6 Å². The topological polar surface area (TPSA) is 237 Å². The van der Waals surface area contributed by atoms with Gasteiger partial charge in [0.15, 0.2) is 12.2 Å². The van der Waals surface area contributed by atoms with Crippen LogP contribution in [0, 0.1) is 0 Å². The van der Waals surface area contributed by atoms with E-state index in [0.717, 1.165) is 154 Å². The molecule has 5 atom stereocenters. The van der Waals surface area contributed by atoms with E-state index in [-0.39, 0.29) is 25.7 Å². The largest absolute Gasteiger partial charge is 0.472 e. The summed E-state index contributed by atoms with van der Waals surface area (Å²) in [6.07, 6.45) is 72.6. The highest BCUT2D eigenvalue weighted by Crippen LogP contribution is 2.45. The number of hydrogen-bond acceptors (Lipinski definition) is 15. The van der Waals surface area contributed by atoms with Gasteiger partial charge in [0.1, 0.15) is 19.3 Å². The molecule has 0 amide bonds. The average Bonchev–Trinajstić information content (AvgIpc) is 1.84. The second-order valence-corrected chi connectivity index (χ2v) is 27.4. The van der Waals surface area contributed by atoms with Crippen LogP contribution in [0.3, 0.4) is 0 Å². The molecule has 552 valence electrons. The zero-order valence-corrected chi connectivity index (χ0v) is 61.8. The van der Waals surface area contributed by atoms with Gasteiger partial charge in [-0.05, 0) is 109 Å². The third kappa shape index (κ3) is 68.3. The summed E-state index contributed by atoms with van der Waals surface area (Å²) < 4.78 is 68.2. The lowest BCUT2D eigenvalue weighted by Crippen LogP contribution is -2.30. The van der Waals surface area contributed by atoms with E-state index in [1.165, 1.54) is 64.2 Å². The number of hydrogen-bond donors (Lipinski definition) is 3. The number of ether oxygens (including phenoxy) is 4. The van der Waals surface area contributed by atoms with E-state index in [2.05, 4.69) is 113 Å². The second-order valence-electron chi connectivity index (χ2n) is 24.5. The molecule has 0 fully saturated rings. The van der Waals surface area contributed by atoms with Crippen molar-refractivity contribution in [1.29, 1.82) is 0 Å². The Hall–Kier alpha value is -4.28. The van der Waals surface area contributed by atoms with Crippen LogP contribution >= 0.6 is 15.6 Å². The van der Waals surface area contributed by atoms with Crippen LogP contribution in [0.25, 0.3) is 0 Å². The van der Waals surface area contributed by atoms with Gasteiger partial charge in [0.2, 0.25) is 0 Å². The van der Waals surface area contributed by atoms with E-state index in [1.807, 2.05) is 18.2 Å². The summed E-state index contributed by atoms with van der Waals surface area (Å²) in [6, 6.07) is 0. The van der Waals surface area contributed by atoms with Crippen LogP contribution in [0.4, 0.5) is 0 Å². The molecule has 96 heavy (non-hydrogen) atoms. The number of phosphoric acid groups is 2. The number of aliphatic hydroxyl groups is 1. The standard InChI is InChI=1S/C77H132O17P2/c1-5-9-13-17-21-25-29-32-34-35-37-40-43-46-50-54-58-62-75(80)87-67-72(93-76(81)63-59-55-51-47-41-28-24-20-16-12-8-4)69-91-95(83,84)89-65-71(78)66-90-96(85,86)92-70-73(94-77(82)64-60-56-52-48-44-38-31-27-23-19-15-11-7-3)68-88-74(79)61-57-53-49-45-42-39-36-33-30-26-22-18-14-10-6-2/h9-10,13-14,21-22,25-27,31-34,36,42,45,53,57,71-73,78H,5-8,11-12,15-20,23-24,28-30,35,37-41,43-44,46-52,54-56,58-70H2,1-4H3,(H,83,84)(H,85,86)/b13-9-,14-10-,25-21-,26-22-,31-27-,34-32-,36-33-,45-42-,57-53-. The van der Waals surface area contributed by atoms with Gasteiger partial charge in [0.05, 0.1) is 32.8 Å². The van der Waals surface area contributed by atoms with Gasteiger partial charge in [-0.15, -0.1) is 0 Å². The van der Waals surface area contributed by atoms with E-state index in [1.54, 1.807) is 6.08 Å². The van der Waals surface area contributed by atoms with Crippen molar-refractivity contribution in [3.05, 3.63) is 109 Å². The van der Waals surface area contributed by atoms with Gasteiger partial charge in [-0.3, -0.25) is 37.3 Å². The molecule has 0 saturated carbocycles. The Kier molecular flexibility index (Phi) is 66.1. The predicted molar refractivity (Wildman–Crippen MR) is 390 cm³/mol. The monoisotopic (exact) mass is 1390 g/mol. The van der Waals surface area contributed by atoms with Crippen LogP contribution in [0.15, 0.2) is 109 Å². The molecule has 5 unspecified atom stereocenters. The van der Waals surface area contributed by atoms with Crippen LogP contribution in [-0.2, 0) is 65.4 Å². The van der Waals surface area contributed by atoms with Crippen LogP contribution in [-0.4, -0.2) is 96.7 Å². The molecule has 0 aliphatic heterocycles. The zero-order chi connectivity index (χ0) is 70.4. The summed E-state index contributed by atoms with van der Waals surface area (Å²) in [5.41, 5.74) is 0. The van der Waals surface area contributed by atoms with E-state index < -0.39 is 97.5 Å². The molecule has 0 bridgehead atoms. The van der Waals surface area contributed by atoms with Gasteiger partial charge >= 0.3 is 39.5 Å². The molecule has 0 radical (unpaired) electrons. The van der Waals surface area contributed by atoms with Crippen molar-refractivity contribution in [1.82, 2.24) is 0 Å². The number of phosphoric ester groups is 2. The number of rotatable bonds is 69. The average molecular weight is 1390 g/mol. The summed E-state index contributed by atoms with van der Waals surface area (Å²) in [5, 5.41) is 10.6. The molecule has 0 rings (SSSR count). The van der Waals surface area contributed by atoms with Gasteiger partial charge in [-0.25, -0.2) is 9.13 Å². The number of allylic oxidation sites excluding steroid dienone is 17. The number of aliphatic hydroxyl groups excluding tert-OH is 1. The smallest absolute Gasteiger partial charge is 0.462 e. The van der Waals surface area contributed by atoms with Crippen molar-refractivity contribution in [2.45, 2.75) is 316 Å². The third-order valence-electron chi connectivity index (χ3n) is 15.3. The molecule has 3 N–H and O–H groups in total. The van der Waals surface area contributed by atoms with Gasteiger partial charge in [-0.1, -0.05) is 272 Å². The molecule has 0 aliphatic rings. The van der Waals surface area contributed by atoms with Gasteiger partial charge in [0.25, 0.3) is 0 Å². The van der Waals surface area contributed by atoms with Gasteiger partial charge < -0.3 is 33.8 Å². The van der Waals surface area contributed by atoms with Crippen molar-refractivity contribution < 1.29 is 80.2 Å². The highest BCUT2D eigenvalue weighted by Gasteiger charge is 2.30. The van der Waals surface area contributed by atoms with Gasteiger partial charge in [0, 0.05) is 19.3 Å². The van der Waals surface area contributed by atoms with Crippen LogP contribution < -0.4 is 0 Å². The lowest BCUT2D eigenvalue weighted by atomic mass is 10.1. The Labute approximate surface area is 581 Å². The molecule has 19 heteroatoms. The number of carbonyl (C=O) groups is 4. The fraction of sp³-hybridized carbons (Fsp3) is 0.714. The Morgan fingerprint density at radius 2 is 0.583 bits per heavy atom. The maximum absolute atomic E-state index is 13.0.